The Kier molecular flexibility index (Phi) is 8.53. The Hall–Kier alpha value is -8.20. The molecular weight excluding hydrogens is 751 g/mol. The van der Waals surface area contributed by atoms with Crippen LogP contribution in [-0.4, -0.2) is 0 Å². The molecule has 62 heavy (non-hydrogen) atoms. The van der Waals surface area contributed by atoms with Crippen molar-refractivity contribution >= 4 is 71.3 Å². The van der Waals surface area contributed by atoms with E-state index in [2.05, 4.69) is 229 Å². The number of rotatable bonds is 7. The van der Waals surface area contributed by atoms with Gasteiger partial charge in [0, 0.05) is 27.8 Å². The highest BCUT2D eigenvalue weighted by molar-refractivity contribution is 6.21. The Labute approximate surface area is 360 Å². The summed E-state index contributed by atoms with van der Waals surface area (Å²) < 4.78 is 6.19. The zero-order valence-corrected chi connectivity index (χ0v) is 33.9. The van der Waals surface area contributed by atoms with E-state index < -0.39 is 0 Å². The van der Waals surface area contributed by atoms with Gasteiger partial charge in [-0.15, -0.1) is 0 Å². The van der Waals surface area contributed by atoms with E-state index in [1.807, 2.05) is 12.1 Å². The van der Waals surface area contributed by atoms with Gasteiger partial charge < -0.3 is 9.32 Å². The van der Waals surface area contributed by atoms with Crippen molar-refractivity contribution in [3.63, 3.8) is 0 Å². The van der Waals surface area contributed by atoms with E-state index in [-0.39, 0.29) is 0 Å². The average molecular weight is 790 g/mol. The quantitative estimate of drug-likeness (QED) is 0.150. The van der Waals surface area contributed by atoms with Crippen LogP contribution in [0.4, 0.5) is 17.1 Å². The van der Waals surface area contributed by atoms with E-state index in [0.717, 1.165) is 50.1 Å². The minimum absolute atomic E-state index is 0.897. The molecule has 0 unspecified atom stereocenters. The third-order valence-corrected chi connectivity index (χ3v) is 12.4. The second-order valence-electron chi connectivity index (χ2n) is 16.1. The van der Waals surface area contributed by atoms with Crippen LogP contribution in [0.2, 0.25) is 0 Å². The standard InChI is InChI=1S/C60H39NO/c1-2-14-42(15-3-1)59-54-22-8-6-19-51(54)52-20-7-9-23-55(52)60(59)43-29-34-49(35-30-43)61(48-32-27-41(28-33-48)46-26-25-40-13-4-5-16-44(40)37-46)50-18-12-17-45(38-50)47-31-36-58-56(39-47)53-21-10-11-24-57(53)62-58/h1-39H. The first-order valence-electron chi connectivity index (χ1n) is 21.2. The first-order chi connectivity index (χ1) is 30.7. The summed E-state index contributed by atoms with van der Waals surface area (Å²) in [4.78, 5) is 2.37. The van der Waals surface area contributed by atoms with Crippen LogP contribution in [0.3, 0.4) is 0 Å². The summed E-state index contributed by atoms with van der Waals surface area (Å²) in [6.45, 7) is 0. The summed E-state index contributed by atoms with van der Waals surface area (Å²) in [5.41, 5.74) is 14.6. The van der Waals surface area contributed by atoms with Gasteiger partial charge in [0.1, 0.15) is 11.2 Å². The van der Waals surface area contributed by atoms with E-state index >= 15 is 0 Å². The normalized spacial score (nSPS) is 11.5. The van der Waals surface area contributed by atoms with Crippen LogP contribution in [0.1, 0.15) is 0 Å². The predicted octanol–water partition coefficient (Wildman–Crippen LogP) is 17.2. The number of nitrogens with zero attached hydrogens (tertiary/aromatic N) is 1. The van der Waals surface area contributed by atoms with Crippen LogP contribution in [0.5, 0.6) is 0 Å². The van der Waals surface area contributed by atoms with Gasteiger partial charge in [-0.25, -0.2) is 0 Å². The van der Waals surface area contributed by atoms with Crippen LogP contribution >= 0.6 is 0 Å². The van der Waals surface area contributed by atoms with Crippen LogP contribution in [-0.2, 0) is 0 Å². The summed E-state index contributed by atoms with van der Waals surface area (Å²) in [7, 11) is 0. The lowest BCUT2D eigenvalue weighted by atomic mass is 9.85. The molecule has 0 fully saturated rings. The molecule has 0 saturated heterocycles. The highest BCUT2D eigenvalue weighted by Crippen LogP contribution is 2.46. The van der Waals surface area contributed by atoms with Crippen molar-refractivity contribution in [1.29, 1.82) is 0 Å². The second kappa shape index (κ2) is 14.8. The number of para-hydroxylation sites is 1. The molecular formula is C60H39NO. The maximum Gasteiger partial charge on any atom is 0.135 e. The highest BCUT2D eigenvalue weighted by atomic mass is 16.3. The van der Waals surface area contributed by atoms with E-state index in [4.69, 9.17) is 4.42 Å². The van der Waals surface area contributed by atoms with Gasteiger partial charge in [-0.3, -0.25) is 0 Å². The third kappa shape index (κ3) is 6.12. The van der Waals surface area contributed by atoms with Crippen LogP contribution in [0, 0.1) is 0 Å². The van der Waals surface area contributed by atoms with Gasteiger partial charge in [0.2, 0.25) is 0 Å². The molecule has 1 aromatic heterocycles. The van der Waals surface area contributed by atoms with Gasteiger partial charge >= 0.3 is 0 Å². The lowest BCUT2D eigenvalue weighted by molar-refractivity contribution is 0.669. The van der Waals surface area contributed by atoms with Gasteiger partial charge in [-0.1, -0.05) is 176 Å². The number of anilines is 3. The summed E-state index contributed by atoms with van der Waals surface area (Å²) in [6, 6.07) is 85.6. The molecule has 0 bridgehead atoms. The Balaban J connectivity index is 1.00. The zero-order chi connectivity index (χ0) is 41.0. The molecule has 290 valence electrons. The predicted molar refractivity (Wildman–Crippen MR) is 263 cm³/mol. The molecule has 0 aliphatic rings. The highest BCUT2D eigenvalue weighted by Gasteiger charge is 2.20. The maximum atomic E-state index is 6.19. The van der Waals surface area contributed by atoms with E-state index in [1.54, 1.807) is 0 Å². The van der Waals surface area contributed by atoms with Gasteiger partial charge in [0.15, 0.2) is 0 Å². The average Bonchev–Trinajstić information content (AvgIpc) is 3.72. The Morgan fingerprint density at radius 2 is 0.726 bits per heavy atom. The molecule has 2 nitrogen and oxygen atoms in total. The van der Waals surface area contributed by atoms with Crippen LogP contribution in [0.25, 0.3) is 98.8 Å². The Morgan fingerprint density at radius 1 is 0.242 bits per heavy atom. The molecule has 12 rings (SSSR count). The van der Waals surface area contributed by atoms with E-state index in [9.17, 15) is 0 Å². The molecule has 0 aliphatic heterocycles. The van der Waals surface area contributed by atoms with Crippen molar-refractivity contribution in [3.05, 3.63) is 237 Å². The zero-order valence-electron chi connectivity index (χ0n) is 33.9. The monoisotopic (exact) mass is 789 g/mol. The molecule has 2 heteroatoms. The number of hydrogen-bond donors (Lipinski definition) is 0. The first-order valence-corrected chi connectivity index (χ1v) is 21.2. The lowest BCUT2D eigenvalue weighted by Crippen LogP contribution is -2.10. The molecule has 0 saturated carbocycles. The fourth-order valence-corrected chi connectivity index (χ4v) is 9.47. The van der Waals surface area contributed by atoms with Gasteiger partial charge in [-0.2, -0.15) is 0 Å². The van der Waals surface area contributed by atoms with Crippen molar-refractivity contribution in [2.75, 3.05) is 4.90 Å². The SMILES string of the molecule is c1ccc(-c2c(-c3ccc(N(c4ccc(-c5ccc6ccccc6c5)cc4)c4cccc(-c5ccc6oc7ccccc7c6c5)c4)cc3)c3ccccc3c3ccccc23)cc1. The fourth-order valence-electron chi connectivity index (χ4n) is 9.47. The first kappa shape index (κ1) is 35.7. The van der Waals surface area contributed by atoms with Crippen molar-refractivity contribution in [2.24, 2.45) is 0 Å². The maximum absolute atomic E-state index is 6.19. The smallest absolute Gasteiger partial charge is 0.135 e. The fraction of sp³-hybridized carbons (Fsp3) is 0. The molecule has 12 aromatic rings. The molecule has 1 heterocycles. The van der Waals surface area contributed by atoms with Crippen LogP contribution < -0.4 is 4.90 Å². The largest absolute Gasteiger partial charge is 0.456 e. The number of fused-ring (bicyclic) bond motifs is 7. The number of hydrogen-bond acceptors (Lipinski definition) is 2. The molecule has 11 aromatic carbocycles. The lowest BCUT2D eigenvalue weighted by Gasteiger charge is -2.27. The molecule has 0 radical (unpaired) electrons. The Bertz CT molecular complexity index is 3620. The van der Waals surface area contributed by atoms with Gasteiger partial charge in [0.05, 0.1) is 0 Å². The third-order valence-electron chi connectivity index (χ3n) is 12.4. The minimum Gasteiger partial charge on any atom is -0.456 e. The Morgan fingerprint density at radius 3 is 1.44 bits per heavy atom. The van der Waals surface area contributed by atoms with Crippen molar-refractivity contribution in [2.45, 2.75) is 0 Å². The van der Waals surface area contributed by atoms with Gasteiger partial charge in [0.25, 0.3) is 0 Å². The van der Waals surface area contributed by atoms with Crippen LogP contribution in [0.15, 0.2) is 241 Å². The molecule has 0 N–H and O–H groups in total. The van der Waals surface area contributed by atoms with E-state index in [1.165, 1.54) is 65.7 Å². The van der Waals surface area contributed by atoms with Crippen molar-refractivity contribution in [1.82, 2.24) is 0 Å². The second-order valence-corrected chi connectivity index (χ2v) is 16.1. The topological polar surface area (TPSA) is 16.4 Å². The summed E-state index contributed by atoms with van der Waals surface area (Å²) in [5, 5.41) is 9.75. The molecule has 0 aliphatic carbocycles. The minimum atomic E-state index is 0.897. The molecule has 0 amide bonds. The molecule has 0 spiro atoms. The van der Waals surface area contributed by atoms with Crippen molar-refractivity contribution < 1.29 is 4.42 Å². The number of furan rings is 1. The summed E-state index contributed by atoms with van der Waals surface area (Å²) >= 11 is 0. The van der Waals surface area contributed by atoms with Crippen molar-refractivity contribution in [3.8, 4) is 44.5 Å². The number of benzene rings is 11. The summed E-state index contributed by atoms with van der Waals surface area (Å²) in [5.74, 6) is 0. The van der Waals surface area contributed by atoms with Gasteiger partial charge in [-0.05, 0) is 137 Å². The van der Waals surface area contributed by atoms with E-state index in [0.29, 0.717) is 0 Å². The molecule has 0 atom stereocenters. The summed E-state index contributed by atoms with van der Waals surface area (Å²) in [6.07, 6.45) is 0.